The molecule has 0 aliphatic heterocycles. The Balaban J connectivity index is 0.00000196. The number of hydrogen-bond acceptors (Lipinski definition) is 2. The van der Waals surface area contributed by atoms with Crippen LogP contribution in [-0.4, -0.2) is 18.3 Å². The van der Waals surface area contributed by atoms with E-state index in [1.54, 1.807) is 0 Å². The van der Waals surface area contributed by atoms with E-state index >= 15 is 0 Å². The Morgan fingerprint density at radius 2 is 1.80 bits per heavy atom. The summed E-state index contributed by atoms with van der Waals surface area (Å²) in [6.45, 7) is 6.08. The minimum absolute atomic E-state index is 0. The molecule has 0 aromatic heterocycles. The third kappa shape index (κ3) is 5.17. The molecule has 1 aromatic rings. The lowest BCUT2D eigenvalue weighted by molar-refractivity contribution is 0.292. The second kappa shape index (κ2) is 7.69. The molecule has 2 nitrogen and oxygen atoms in total. The van der Waals surface area contributed by atoms with E-state index in [1.807, 2.05) is 0 Å². The Morgan fingerprint density at radius 3 is 2.27 bits per heavy atom. The lowest BCUT2D eigenvalue weighted by atomic mass is 10.0. The van der Waals surface area contributed by atoms with Gasteiger partial charge in [-0.05, 0) is 17.0 Å². The first-order valence-corrected chi connectivity index (χ1v) is 5.14. The fourth-order valence-electron chi connectivity index (χ4n) is 1.33. The van der Waals surface area contributed by atoms with E-state index in [0.717, 1.165) is 6.54 Å². The molecule has 0 saturated heterocycles. The SMILES string of the molecule is CC(C)c1ccc(CNCCO)cc1.Cl. The molecule has 3 heteroatoms. The van der Waals surface area contributed by atoms with Gasteiger partial charge in [0.15, 0.2) is 0 Å². The van der Waals surface area contributed by atoms with E-state index < -0.39 is 0 Å². The molecule has 0 amide bonds. The number of nitrogens with one attached hydrogen (secondary N) is 1. The van der Waals surface area contributed by atoms with Crippen LogP contribution in [0.25, 0.3) is 0 Å². The summed E-state index contributed by atoms with van der Waals surface area (Å²) in [5.41, 5.74) is 2.64. The summed E-state index contributed by atoms with van der Waals surface area (Å²) in [4.78, 5) is 0. The van der Waals surface area contributed by atoms with Crippen LogP contribution in [-0.2, 0) is 6.54 Å². The summed E-state index contributed by atoms with van der Waals surface area (Å²) in [7, 11) is 0. The van der Waals surface area contributed by atoms with Crippen molar-refractivity contribution in [2.45, 2.75) is 26.3 Å². The van der Waals surface area contributed by atoms with Gasteiger partial charge in [0.1, 0.15) is 0 Å². The predicted molar refractivity (Wildman–Crippen MR) is 66.6 cm³/mol. The van der Waals surface area contributed by atoms with Crippen molar-refractivity contribution in [1.29, 1.82) is 0 Å². The molecule has 0 unspecified atom stereocenters. The van der Waals surface area contributed by atoms with Gasteiger partial charge in [0.25, 0.3) is 0 Å². The largest absolute Gasteiger partial charge is 0.395 e. The van der Waals surface area contributed by atoms with Gasteiger partial charge in [-0.15, -0.1) is 12.4 Å². The number of benzene rings is 1. The van der Waals surface area contributed by atoms with E-state index in [4.69, 9.17) is 5.11 Å². The van der Waals surface area contributed by atoms with Crippen LogP contribution in [0.1, 0.15) is 30.9 Å². The second-order valence-corrected chi connectivity index (χ2v) is 3.80. The highest BCUT2D eigenvalue weighted by atomic mass is 35.5. The van der Waals surface area contributed by atoms with Crippen LogP contribution in [0.4, 0.5) is 0 Å². The van der Waals surface area contributed by atoms with Crippen LogP contribution >= 0.6 is 12.4 Å². The first-order valence-electron chi connectivity index (χ1n) is 5.14. The lowest BCUT2D eigenvalue weighted by Gasteiger charge is -2.07. The summed E-state index contributed by atoms with van der Waals surface area (Å²) in [6.07, 6.45) is 0. The molecule has 86 valence electrons. The molecule has 0 heterocycles. The molecule has 2 N–H and O–H groups in total. The molecule has 0 spiro atoms. The van der Waals surface area contributed by atoms with E-state index in [1.165, 1.54) is 11.1 Å². The molecule has 0 saturated carbocycles. The number of aliphatic hydroxyl groups is 1. The van der Waals surface area contributed by atoms with Gasteiger partial charge in [-0.3, -0.25) is 0 Å². The van der Waals surface area contributed by atoms with E-state index in [9.17, 15) is 0 Å². The normalized spacial score (nSPS) is 10.1. The standard InChI is InChI=1S/C12H19NO.ClH/c1-10(2)12-5-3-11(4-6-12)9-13-7-8-14;/h3-6,10,13-14H,7-9H2,1-2H3;1H. The Hall–Kier alpha value is -0.570. The monoisotopic (exact) mass is 229 g/mol. The van der Waals surface area contributed by atoms with Gasteiger partial charge < -0.3 is 10.4 Å². The maximum Gasteiger partial charge on any atom is 0.0556 e. The van der Waals surface area contributed by atoms with Crippen LogP contribution in [0.5, 0.6) is 0 Å². The Morgan fingerprint density at radius 1 is 1.20 bits per heavy atom. The van der Waals surface area contributed by atoms with Gasteiger partial charge in [0, 0.05) is 13.1 Å². The fraction of sp³-hybridized carbons (Fsp3) is 0.500. The van der Waals surface area contributed by atoms with Crippen LogP contribution in [0.2, 0.25) is 0 Å². The summed E-state index contributed by atoms with van der Waals surface area (Å²) < 4.78 is 0. The molecule has 1 rings (SSSR count). The van der Waals surface area contributed by atoms with Gasteiger partial charge in [-0.25, -0.2) is 0 Å². The number of halogens is 1. The molecule has 0 atom stereocenters. The van der Waals surface area contributed by atoms with Crippen LogP contribution in [0.3, 0.4) is 0 Å². The molecular weight excluding hydrogens is 210 g/mol. The van der Waals surface area contributed by atoms with Crippen molar-refractivity contribution < 1.29 is 5.11 Å². The van der Waals surface area contributed by atoms with Gasteiger partial charge in [0.2, 0.25) is 0 Å². The average Bonchev–Trinajstić information content (AvgIpc) is 2.19. The first kappa shape index (κ1) is 14.4. The van der Waals surface area contributed by atoms with Crippen LogP contribution in [0, 0.1) is 0 Å². The maximum atomic E-state index is 8.60. The lowest BCUT2D eigenvalue weighted by Crippen LogP contribution is -2.17. The van der Waals surface area contributed by atoms with Crippen LogP contribution < -0.4 is 5.32 Å². The fourth-order valence-corrected chi connectivity index (χ4v) is 1.33. The average molecular weight is 230 g/mol. The molecule has 0 aliphatic rings. The number of aliphatic hydroxyl groups excluding tert-OH is 1. The van der Waals surface area contributed by atoms with Gasteiger partial charge in [0.05, 0.1) is 6.61 Å². The Labute approximate surface area is 98.1 Å². The quantitative estimate of drug-likeness (QED) is 0.760. The van der Waals surface area contributed by atoms with Gasteiger partial charge in [-0.1, -0.05) is 38.1 Å². The number of hydrogen-bond donors (Lipinski definition) is 2. The number of rotatable bonds is 5. The minimum Gasteiger partial charge on any atom is -0.395 e. The van der Waals surface area contributed by atoms with Crippen molar-refractivity contribution >= 4 is 12.4 Å². The zero-order valence-electron chi connectivity index (χ0n) is 9.36. The summed E-state index contributed by atoms with van der Waals surface area (Å²) >= 11 is 0. The zero-order chi connectivity index (χ0) is 10.4. The molecule has 15 heavy (non-hydrogen) atoms. The summed E-state index contributed by atoms with van der Waals surface area (Å²) in [5, 5.41) is 11.7. The smallest absolute Gasteiger partial charge is 0.0556 e. The van der Waals surface area contributed by atoms with Crippen molar-refractivity contribution in [3.8, 4) is 0 Å². The molecule has 1 aromatic carbocycles. The molecule has 0 fully saturated rings. The van der Waals surface area contributed by atoms with Crippen molar-refractivity contribution in [1.82, 2.24) is 5.32 Å². The third-order valence-corrected chi connectivity index (χ3v) is 2.26. The van der Waals surface area contributed by atoms with Gasteiger partial charge >= 0.3 is 0 Å². The molecule has 0 aliphatic carbocycles. The topological polar surface area (TPSA) is 32.3 Å². The van der Waals surface area contributed by atoms with Crippen molar-refractivity contribution in [2.75, 3.05) is 13.2 Å². The Bertz CT molecular complexity index is 259. The molecule has 0 radical (unpaired) electrons. The van der Waals surface area contributed by atoms with E-state index in [-0.39, 0.29) is 19.0 Å². The highest BCUT2D eigenvalue weighted by molar-refractivity contribution is 5.85. The van der Waals surface area contributed by atoms with Crippen molar-refractivity contribution in [2.24, 2.45) is 0 Å². The maximum absolute atomic E-state index is 8.60. The predicted octanol–water partition coefficient (Wildman–Crippen LogP) is 2.31. The van der Waals surface area contributed by atoms with Crippen molar-refractivity contribution in [3.05, 3.63) is 35.4 Å². The minimum atomic E-state index is 0. The third-order valence-electron chi connectivity index (χ3n) is 2.26. The zero-order valence-corrected chi connectivity index (χ0v) is 10.2. The van der Waals surface area contributed by atoms with Crippen LogP contribution in [0.15, 0.2) is 24.3 Å². The van der Waals surface area contributed by atoms with E-state index in [2.05, 4.69) is 43.4 Å². The first-order chi connectivity index (χ1) is 6.74. The van der Waals surface area contributed by atoms with E-state index in [0.29, 0.717) is 12.5 Å². The second-order valence-electron chi connectivity index (χ2n) is 3.80. The highest BCUT2D eigenvalue weighted by Gasteiger charge is 1.98. The Kier molecular flexibility index (Phi) is 7.39. The summed E-state index contributed by atoms with van der Waals surface area (Å²) in [6, 6.07) is 8.61. The summed E-state index contributed by atoms with van der Waals surface area (Å²) in [5.74, 6) is 0.592. The van der Waals surface area contributed by atoms with Crippen molar-refractivity contribution in [3.63, 3.8) is 0 Å². The highest BCUT2D eigenvalue weighted by Crippen LogP contribution is 2.14. The molecule has 0 bridgehead atoms. The van der Waals surface area contributed by atoms with Gasteiger partial charge in [-0.2, -0.15) is 0 Å². The molecular formula is C12H20ClNO.